The summed E-state index contributed by atoms with van der Waals surface area (Å²) in [4.78, 5) is 13.5. The van der Waals surface area contributed by atoms with Gasteiger partial charge >= 0.3 is 0 Å². The fourth-order valence-corrected chi connectivity index (χ4v) is 1.62. The molecule has 0 fully saturated rings. The first-order valence-electron chi connectivity index (χ1n) is 5.81. The van der Waals surface area contributed by atoms with Gasteiger partial charge in [0.25, 0.3) is 0 Å². The molecule has 0 atom stereocenters. The van der Waals surface area contributed by atoms with Gasteiger partial charge in [-0.05, 0) is 30.3 Å². The lowest BCUT2D eigenvalue weighted by Crippen LogP contribution is -1.91. The van der Waals surface area contributed by atoms with Crippen LogP contribution in [0.3, 0.4) is 0 Å². The maximum atomic E-state index is 13.5. The normalized spacial score (nSPS) is 9.38. The molecule has 0 N–H and O–H groups in total. The van der Waals surface area contributed by atoms with Gasteiger partial charge in [0.2, 0.25) is 6.08 Å². The van der Waals surface area contributed by atoms with Crippen molar-refractivity contribution >= 4 is 11.8 Å². The molecule has 0 aliphatic heterocycles. The Kier molecular flexibility index (Phi) is 4.30. The quantitative estimate of drug-likeness (QED) is 0.636. The van der Waals surface area contributed by atoms with Gasteiger partial charge in [0, 0.05) is 6.07 Å². The molecule has 0 saturated heterocycles. The van der Waals surface area contributed by atoms with Crippen LogP contribution < -0.4 is 9.47 Å². The highest BCUT2D eigenvalue weighted by Crippen LogP contribution is 2.32. The van der Waals surface area contributed by atoms with Gasteiger partial charge in [0.15, 0.2) is 5.82 Å². The van der Waals surface area contributed by atoms with Crippen molar-refractivity contribution in [3.63, 3.8) is 0 Å². The number of carbonyl (C=O) groups excluding carboxylic acids is 1. The molecule has 2 aromatic rings. The molecular weight excluding hydrogens is 275 g/mol. The van der Waals surface area contributed by atoms with Crippen molar-refractivity contribution in [1.82, 2.24) is 0 Å². The summed E-state index contributed by atoms with van der Waals surface area (Å²) in [7, 11) is 1.54. The SMILES string of the molecule is COc1ccc(Oc2cc(N=C=O)c(F)cc2C#N)cc1. The number of halogens is 1. The highest BCUT2D eigenvalue weighted by atomic mass is 19.1. The summed E-state index contributed by atoms with van der Waals surface area (Å²) < 4.78 is 24.1. The maximum absolute atomic E-state index is 13.5. The van der Waals surface area contributed by atoms with Crippen LogP contribution >= 0.6 is 0 Å². The summed E-state index contributed by atoms with van der Waals surface area (Å²) in [5.41, 5.74) is -0.249. The molecule has 0 aliphatic rings. The standard InChI is InChI=1S/C15H9FN2O3/c1-20-11-2-4-12(5-3-11)21-15-7-14(18-9-19)13(16)6-10(15)8-17/h2-7H,1H3. The Morgan fingerprint density at radius 3 is 2.43 bits per heavy atom. The molecule has 0 radical (unpaired) electrons. The lowest BCUT2D eigenvalue weighted by Gasteiger charge is -2.09. The van der Waals surface area contributed by atoms with Gasteiger partial charge < -0.3 is 9.47 Å². The zero-order valence-electron chi connectivity index (χ0n) is 11.0. The van der Waals surface area contributed by atoms with Crippen molar-refractivity contribution in [2.24, 2.45) is 4.99 Å². The molecule has 2 rings (SSSR count). The number of aliphatic imine (C=N–C) groups is 1. The second-order valence-electron chi connectivity index (χ2n) is 3.89. The number of methoxy groups -OCH3 is 1. The Morgan fingerprint density at radius 1 is 1.19 bits per heavy atom. The highest BCUT2D eigenvalue weighted by molar-refractivity contribution is 5.58. The molecule has 0 spiro atoms. The van der Waals surface area contributed by atoms with E-state index < -0.39 is 5.82 Å². The molecule has 0 aromatic heterocycles. The predicted molar refractivity (Wildman–Crippen MR) is 72.0 cm³/mol. The average Bonchev–Trinajstić information content (AvgIpc) is 2.51. The van der Waals surface area contributed by atoms with E-state index in [2.05, 4.69) is 4.99 Å². The van der Waals surface area contributed by atoms with E-state index in [1.807, 2.05) is 6.07 Å². The van der Waals surface area contributed by atoms with Crippen molar-refractivity contribution in [3.05, 3.63) is 47.8 Å². The molecule has 0 bridgehead atoms. The third-order valence-electron chi connectivity index (χ3n) is 2.62. The molecule has 0 amide bonds. The van der Waals surface area contributed by atoms with E-state index in [0.717, 1.165) is 6.07 Å². The fraction of sp³-hybridized carbons (Fsp3) is 0.0667. The van der Waals surface area contributed by atoms with Gasteiger partial charge in [-0.25, -0.2) is 9.18 Å². The minimum absolute atomic E-state index is 0.00633. The molecule has 0 aliphatic carbocycles. The van der Waals surface area contributed by atoms with E-state index in [1.54, 1.807) is 24.3 Å². The lowest BCUT2D eigenvalue weighted by molar-refractivity contribution is 0.412. The van der Waals surface area contributed by atoms with Crippen LogP contribution in [0.15, 0.2) is 41.4 Å². The smallest absolute Gasteiger partial charge is 0.240 e. The molecular formula is C15H9FN2O3. The van der Waals surface area contributed by atoms with Crippen molar-refractivity contribution in [2.45, 2.75) is 0 Å². The Balaban J connectivity index is 2.39. The van der Waals surface area contributed by atoms with Crippen LogP contribution in [0.5, 0.6) is 17.2 Å². The first kappa shape index (κ1) is 14.3. The largest absolute Gasteiger partial charge is 0.497 e. The molecule has 0 unspecified atom stereocenters. The number of benzene rings is 2. The Bertz CT molecular complexity index is 745. The van der Waals surface area contributed by atoms with E-state index in [-0.39, 0.29) is 17.0 Å². The molecule has 2 aromatic carbocycles. The van der Waals surface area contributed by atoms with Gasteiger partial charge in [-0.3, -0.25) is 0 Å². The van der Waals surface area contributed by atoms with Gasteiger partial charge in [0.05, 0.1) is 12.7 Å². The number of hydrogen-bond acceptors (Lipinski definition) is 5. The first-order chi connectivity index (χ1) is 10.2. The van der Waals surface area contributed by atoms with E-state index in [0.29, 0.717) is 11.5 Å². The van der Waals surface area contributed by atoms with Crippen LogP contribution in [0.1, 0.15) is 5.56 Å². The van der Waals surface area contributed by atoms with Crippen LogP contribution in [0, 0.1) is 17.1 Å². The summed E-state index contributed by atoms with van der Waals surface area (Å²) in [6.07, 6.45) is 1.25. The summed E-state index contributed by atoms with van der Waals surface area (Å²) in [5.74, 6) is 0.378. The van der Waals surface area contributed by atoms with E-state index in [4.69, 9.17) is 14.7 Å². The number of nitriles is 1. The first-order valence-corrected chi connectivity index (χ1v) is 5.81. The number of rotatable bonds is 4. The van der Waals surface area contributed by atoms with Crippen LogP contribution in [0.2, 0.25) is 0 Å². The minimum atomic E-state index is -0.794. The van der Waals surface area contributed by atoms with Gasteiger partial charge in [-0.15, -0.1) is 0 Å². The predicted octanol–water partition coefficient (Wildman–Crippen LogP) is 3.47. The minimum Gasteiger partial charge on any atom is -0.497 e. The van der Waals surface area contributed by atoms with E-state index >= 15 is 0 Å². The van der Waals surface area contributed by atoms with Crippen molar-refractivity contribution in [2.75, 3.05) is 7.11 Å². The molecule has 0 saturated carbocycles. The second kappa shape index (κ2) is 6.33. The molecule has 104 valence electrons. The highest BCUT2D eigenvalue weighted by Gasteiger charge is 2.11. The fourth-order valence-electron chi connectivity index (χ4n) is 1.62. The molecule has 0 heterocycles. The van der Waals surface area contributed by atoms with Crippen LogP contribution in [-0.4, -0.2) is 13.2 Å². The topological polar surface area (TPSA) is 71.7 Å². The van der Waals surface area contributed by atoms with E-state index in [9.17, 15) is 9.18 Å². The third kappa shape index (κ3) is 3.24. The lowest BCUT2D eigenvalue weighted by atomic mass is 10.2. The zero-order valence-corrected chi connectivity index (χ0v) is 11.0. The summed E-state index contributed by atoms with van der Waals surface area (Å²) in [6.45, 7) is 0. The van der Waals surface area contributed by atoms with Crippen LogP contribution in [0.25, 0.3) is 0 Å². The Morgan fingerprint density at radius 2 is 1.86 bits per heavy atom. The molecule has 5 nitrogen and oxygen atoms in total. The number of nitrogens with zero attached hydrogens (tertiary/aromatic N) is 2. The summed E-state index contributed by atoms with van der Waals surface area (Å²) >= 11 is 0. The Hall–Kier alpha value is -3.16. The van der Waals surface area contributed by atoms with Crippen molar-refractivity contribution in [1.29, 1.82) is 5.26 Å². The number of hydrogen-bond donors (Lipinski definition) is 0. The van der Waals surface area contributed by atoms with Crippen LogP contribution in [-0.2, 0) is 4.79 Å². The van der Waals surface area contributed by atoms with Gasteiger partial charge in [0.1, 0.15) is 29.0 Å². The molecule has 6 heteroatoms. The summed E-state index contributed by atoms with van der Waals surface area (Å²) in [5, 5.41) is 9.00. The third-order valence-corrected chi connectivity index (χ3v) is 2.62. The number of ether oxygens (including phenoxy) is 2. The van der Waals surface area contributed by atoms with Crippen LogP contribution in [0.4, 0.5) is 10.1 Å². The maximum Gasteiger partial charge on any atom is 0.240 e. The van der Waals surface area contributed by atoms with Gasteiger partial charge in [-0.2, -0.15) is 10.3 Å². The Labute approximate surface area is 119 Å². The second-order valence-corrected chi connectivity index (χ2v) is 3.89. The zero-order chi connectivity index (χ0) is 15.2. The van der Waals surface area contributed by atoms with Crippen molar-refractivity contribution in [3.8, 4) is 23.3 Å². The summed E-state index contributed by atoms with van der Waals surface area (Å²) in [6, 6.07) is 10.6. The monoisotopic (exact) mass is 284 g/mol. The number of isocyanates is 1. The van der Waals surface area contributed by atoms with Crippen molar-refractivity contribution < 1.29 is 18.7 Å². The molecule has 21 heavy (non-hydrogen) atoms. The average molecular weight is 284 g/mol. The van der Waals surface area contributed by atoms with E-state index in [1.165, 1.54) is 19.3 Å². The van der Waals surface area contributed by atoms with Gasteiger partial charge in [-0.1, -0.05) is 0 Å².